The summed E-state index contributed by atoms with van der Waals surface area (Å²) in [6, 6.07) is 30.8. The molecule has 0 spiro atoms. The van der Waals surface area contributed by atoms with Gasteiger partial charge in [0, 0.05) is 47.3 Å². The Morgan fingerprint density at radius 3 is 1.51 bits per heavy atom. The summed E-state index contributed by atoms with van der Waals surface area (Å²) >= 11 is 0. The van der Waals surface area contributed by atoms with E-state index in [2.05, 4.69) is 9.97 Å². The molecule has 0 aliphatic heterocycles. The molecule has 0 fully saturated rings. The molecule has 49 heavy (non-hydrogen) atoms. The Balaban J connectivity index is 0.000000191. The molecule has 0 bridgehead atoms. The molecular weight excluding hydrogens is 626 g/mol. The maximum Gasteiger partial charge on any atom is 0.169 e. The summed E-state index contributed by atoms with van der Waals surface area (Å²) in [6.45, 7) is 0. The minimum atomic E-state index is -0.575. The quantitative estimate of drug-likeness (QED) is 0.118. The van der Waals surface area contributed by atoms with Crippen LogP contribution in [0.4, 0.5) is 20.2 Å². The number of ether oxygens (including phenoxy) is 3. The highest BCUT2D eigenvalue weighted by Crippen LogP contribution is 2.35. The summed E-state index contributed by atoms with van der Waals surface area (Å²) < 4.78 is 44.1. The van der Waals surface area contributed by atoms with E-state index in [4.69, 9.17) is 25.7 Å². The van der Waals surface area contributed by atoms with Gasteiger partial charge in [0.15, 0.2) is 46.1 Å². The third-order valence-electron chi connectivity index (χ3n) is 7.40. The Kier molecular flexibility index (Phi) is 11.6. The van der Waals surface area contributed by atoms with Crippen molar-refractivity contribution >= 4 is 11.4 Å². The summed E-state index contributed by atoms with van der Waals surface area (Å²) in [6.07, 6.45) is 6.70. The zero-order valence-corrected chi connectivity index (χ0v) is 26.9. The number of rotatable bonds is 11. The fourth-order valence-electron chi connectivity index (χ4n) is 4.83. The van der Waals surface area contributed by atoms with Crippen molar-refractivity contribution in [3.63, 3.8) is 0 Å². The highest BCUT2D eigenvalue weighted by Gasteiger charge is 2.12. The van der Waals surface area contributed by atoms with E-state index in [0.29, 0.717) is 22.9 Å². The standard InChI is InChI=1S/C20H19FN2O2.C19H17FN2O2/c1-24-20-12-14(5-8-16-4-2-3-11-23-16)6-9-19(20)25-18-10-7-15(22)13-17(18)21;20-16-12-14(21)6-9-18(16)24-19-8-5-13(11-17(19)23)4-7-15-3-1-2-10-22-15/h2-4,6-7,9-13H,5,8,22H2,1H3;1-3,5-6,8-12,23H,4,7,21H2. The van der Waals surface area contributed by atoms with Crippen molar-refractivity contribution in [2.24, 2.45) is 0 Å². The van der Waals surface area contributed by atoms with Crippen molar-refractivity contribution in [3.05, 3.63) is 156 Å². The monoisotopic (exact) mass is 662 g/mol. The number of hydrogen-bond donors (Lipinski definition) is 3. The minimum Gasteiger partial charge on any atom is -0.504 e. The molecule has 0 unspecified atom stereocenters. The first kappa shape index (κ1) is 34.2. The lowest BCUT2D eigenvalue weighted by atomic mass is 10.1. The highest BCUT2D eigenvalue weighted by molar-refractivity contribution is 5.49. The first-order valence-electron chi connectivity index (χ1n) is 15.5. The highest BCUT2D eigenvalue weighted by atomic mass is 19.1. The van der Waals surface area contributed by atoms with E-state index >= 15 is 0 Å². The van der Waals surface area contributed by atoms with Crippen LogP contribution in [0.3, 0.4) is 0 Å². The number of aryl methyl sites for hydroxylation is 4. The number of hydrogen-bond acceptors (Lipinski definition) is 8. The van der Waals surface area contributed by atoms with Crippen molar-refractivity contribution in [2.75, 3.05) is 18.6 Å². The van der Waals surface area contributed by atoms with E-state index in [1.807, 2.05) is 54.6 Å². The number of anilines is 2. The minimum absolute atomic E-state index is 0.0146. The number of phenols is 1. The molecule has 2 heterocycles. The van der Waals surface area contributed by atoms with E-state index in [-0.39, 0.29) is 23.0 Å². The predicted octanol–water partition coefficient (Wildman–Crippen LogP) is 8.48. The van der Waals surface area contributed by atoms with Gasteiger partial charge < -0.3 is 30.8 Å². The van der Waals surface area contributed by atoms with Crippen LogP contribution < -0.4 is 25.7 Å². The van der Waals surface area contributed by atoms with Crippen molar-refractivity contribution in [2.45, 2.75) is 25.7 Å². The van der Waals surface area contributed by atoms with Gasteiger partial charge in [-0.05, 0) is 110 Å². The fourth-order valence-corrected chi connectivity index (χ4v) is 4.83. The van der Waals surface area contributed by atoms with E-state index in [9.17, 15) is 13.9 Å². The van der Waals surface area contributed by atoms with Crippen LogP contribution in [-0.2, 0) is 25.7 Å². The van der Waals surface area contributed by atoms with Gasteiger partial charge in [0.25, 0.3) is 0 Å². The number of nitrogen functional groups attached to an aromatic ring is 2. The van der Waals surface area contributed by atoms with Crippen LogP contribution in [0, 0.1) is 11.6 Å². The Labute approximate surface area is 283 Å². The zero-order valence-electron chi connectivity index (χ0n) is 26.9. The maximum atomic E-state index is 13.9. The molecule has 2 aromatic heterocycles. The van der Waals surface area contributed by atoms with Gasteiger partial charge in [-0.15, -0.1) is 0 Å². The fraction of sp³-hybridized carbons (Fsp3) is 0.128. The molecule has 5 N–H and O–H groups in total. The van der Waals surface area contributed by atoms with Crippen LogP contribution in [0.25, 0.3) is 0 Å². The molecule has 0 saturated heterocycles. The molecule has 250 valence electrons. The van der Waals surface area contributed by atoms with Crippen molar-refractivity contribution in [1.82, 2.24) is 9.97 Å². The second kappa shape index (κ2) is 16.6. The van der Waals surface area contributed by atoms with Crippen molar-refractivity contribution < 1.29 is 28.1 Å². The van der Waals surface area contributed by atoms with Crippen molar-refractivity contribution in [1.29, 1.82) is 0 Å². The Bertz CT molecular complexity index is 1980. The summed E-state index contributed by atoms with van der Waals surface area (Å²) in [7, 11) is 1.56. The second-order valence-corrected chi connectivity index (χ2v) is 11.0. The largest absolute Gasteiger partial charge is 0.504 e. The molecule has 0 aliphatic carbocycles. The molecule has 4 aromatic carbocycles. The number of pyridine rings is 2. The number of benzene rings is 4. The van der Waals surface area contributed by atoms with Crippen LogP contribution in [0.1, 0.15) is 22.5 Å². The summed E-state index contributed by atoms with van der Waals surface area (Å²) in [5.41, 5.74) is 15.8. The van der Waals surface area contributed by atoms with Crippen LogP contribution in [0.5, 0.6) is 34.5 Å². The molecule has 0 radical (unpaired) electrons. The maximum absolute atomic E-state index is 13.9. The SMILES string of the molecule is COc1cc(CCc2ccccn2)ccc1Oc1ccc(N)cc1F.Nc1ccc(Oc2ccc(CCc3ccccn3)cc2O)c(F)c1. The number of aromatic hydroxyl groups is 1. The molecule has 6 rings (SSSR count). The number of halogens is 2. The average molecular weight is 663 g/mol. The van der Waals surface area contributed by atoms with Gasteiger partial charge in [-0.1, -0.05) is 24.3 Å². The van der Waals surface area contributed by atoms with E-state index < -0.39 is 11.6 Å². The zero-order chi connectivity index (χ0) is 34.6. The second-order valence-electron chi connectivity index (χ2n) is 11.0. The third kappa shape index (κ3) is 9.92. The summed E-state index contributed by atoms with van der Waals surface area (Å²) in [4.78, 5) is 8.59. The topological polar surface area (TPSA) is 126 Å². The van der Waals surface area contributed by atoms with Gasteiger partial charge >= 0.3 is 0 Å². The Morgan fingerprint density at radius 2 is 1.04 bits per heavy atom. The molecule has 0 atom stereocenters. The van der Waals surface area contributed by atoms with Crippen molar-refractivity contribution in [3.8, 4) is 34.5 Å². The van der Waals surface area contributed by atoms with E-state index in [1.54, 1.807) is 43.8 Å². The normalized spacial score (nSPS) is 10.5. The molecule has 0 aliphatic rings. The summed E-state index contributed by atoms with van der Waals surface area (Å²) in [5, 5.41) is 10.1. The number of phenolic OH excluding ortho intramolecular Hbond substituents is 1. The molecule has 6 aromatic rings. The van der Waals surface area contributed by atoms with Gasteiger partial charge in [0.1, 0.15) is 0 Å². The first-order valence-corrected chi connectivity index (χ1v) is 15.5. The number of methoxy groups -OCH3 is 1. The smallest absolute Gasteiger partial charge is 0.169 e. The Hall–Kier alpha value is -6.16. The van der Waals surface area contributed by atoms with Crippen LogP contribution in [0.2, 0.25) is 0 Å². The van der Waals surface area contributed by atoms with E-state index in [1.165, 1.54) is 30.3 Å². The predicted molar refractivity (Wildman–Crippen MR) is 186 cm³/mol. The van der Waals surface area contributed by atoms with Gasteiger partial charge in [0.2, 0.25) is 0 Å². The molecule has 10 heteroatoms. The van der Waals surface area contributed by atoms with E-state index in [0.717, 1.165) is 48.2 Å². The number of aromatic nitrogens is 2. The molecule has 0 amide bonds. The lowest BCUT2D eigenvalue weighted by Crippen LogP contribution is -1.97. The van der Waals surface area contributed by atoms with Crippen LogP contribution in [0.15, 0.2) is 122 Å². The van der Waals surface area contributed by atoms with Gasteiger partial charge in [-0.25, -0.2) is 8.78 Å². The average Bonchev–Trinajstić information content (AvgIpc) is 3.11. The lowest BCUT2D eigenvalue weighted by Gasteiger charge is -2.12. The molecule has 8 nitrogen and oxygen atoms in total. The number of nitrogens with zero attached hydrogens (tertiary/aromatic N) is 2. The Morgan fingerprint density at radius 1 is 0.551 bits per heavy atom. The van der Waals surface area contributed by atoms with Gasteiger partial charge in [0.05, 0.1) is 7.11 Å². The van der Waals surface area contributed by atoms with Gasteiger partial charge in [-0.2, -0.15) is 0 Å². The number of nitrogens with two attached hydrogens (primary N) is 2. The first-order chi connectivity index (χ1) is 23.8. The van der Waals surface area contributed by atoms with Crippen LogP contribution >= 0.6 is 0 Å². The summed E-state index contributed by atoms with van der Waals surface area (Å²) in [5.74, 6) is 0.192. The molecular formula is C39H36F2N4O4. The molecule has 0 saturated carbocycles. The van der Waals surface area contributed by atoms with Gasteiger partial charge in [-0.3, -0.25) is 9.97 Å². The lowest BCUT2D eigenvalue weighted by molar-refractivity contribution is 0.370. The van der Waals surface area contributed by atoms with Crippen LogP contribution in [-0.4, -0.2) is 22.2 Å². The third-order valence-corrected chi connectivity index (χ3v) is 7.40.